The van der Waals surface area contributed by atoms with Crippen molar-refractivity contribution in [3.05, 3.63) is 65.0 Å². The average Bonchev–Trinajstić information content (AvgIpc) is 3.05. The lowest BCUT2D eigenvalue weighted by atomic mass is 9.88. The summed E-state index contributed by atoms with van der Waals surface area (Å²) in [7, 11) is 0. The summed E-state index contributed by atoms with van der Waals surface area (Å²) in [5.41, 5.74) is 4.77. The van der Waals surface area contributed by atoms with Crippen LogP contribution in [0.1, 0.15) is 53.6 Å². The van der Waals surface area contributed by atoms with E-state index in [0.717, 1.165) is 38.9 Å². The predicted molar refractivity (Wildman–Crippen MR) is 114 cm³/mol. The number of aryl methyl sites for hydroxylation is 1. The van der Waals surface area contributed by atoms with Crippen molar-refractivity contribution >= 4 is 23.9 Å². The van der Waals surface area contributed by atoms with Gasteiger partial charge in [0, 0.05) is 42.7 Å². The maximum atomic E-state index is 13.0. The summed E-state index contributed by atoms with van der Waals surface area (Å²) in [6.07, 6.45) is 3.58. The lowest BCUT2D eigenvalue weighted by molar-refractivity contribution is 0.0971. The van der Waals surface area contributed by atoms with Crippen molar-refractivity contribution in [3.8, 4) is 0 Å². The van der Waals surface area contributed by atoms with E-state index < -0.39 is 0 Å². The third-order valence-electron chi connectivity index (χ3n) is 6.01. The Bertz CT molecular complexity index is 824. The normalized spacial score (nSPS) is 20.6. The van der Waals surface area contributed by atoms with Gasteiger partial charge >= 0.3 is 0 Å². The Morgan fingerprint density at radius 1 is 1.21 bits per heavy atom. The Morgan fingerprint density at radius 3 is 2.75 bits per heavy atom. The lowest BCUT2D eigenvalue weighted by Gasteiger charge is -2.35. The molecule has 2 aromatic rings. The van der Waals surface area contributed by atoms with E-state index in [-0.39, 0.29) is 24.0 Å². The number of rotatable bonds is 6. The molecule has 0 radical (unpaired) electrons. The predicted octanol–water partition coefficient (Wildman–Crippen LogP) is 5.06. The number of hydrogen-bond acceptors (Lipinski definition) is 3. The molecule has 2 heterocycles. The quantitative estimate of drug-likeness (QED) is 0.685. The van der Waals surface area contributed by atoms with E-state index >= 15 is 0 Å². The van der Waals surface area contributed by atoms with Gasteiger partial charge in [0.1, 0.15) is 5.82 Å². The fourth-order valence-corrected chi connectivity index (χ4v) is 4.42. The van der Waals surface area contributed by atoms with Crippen LogP contribution in [0.4, 0.5) is 10.1 Å². The SMILES string of the molecule is CCc1ccc2c(c1)[C@H]1CN(CCCC(=O)c3ccc(F)cc3)CC[C@H]1N2.Cl. The first-order valence-corrected chi connectivity index (χ1v) is 10.0. The van der Waals surface area contributed by atoms with Gasteiger partial charge in [0.2, 0.25) is 0 Å². The number of carbonyl (C=O) groups is 1. The third kappa shape index (κ3) is 4.39. The third-order valence-corrected chi connectivity index (χ3v) is 6.01. The van der Waals surface area contributed by atoms with Gasteiger partial charge in [-0.3, -0.25) is 4.79 Å². The highest BCUT2D eigenvalue weighted by Gasteiger charge is 2.36. The highest BCUT2D eigenvalue weighted by Crippen LogP contribution is 2.40. The summed E-state index contributed by atoms with van der Waals surface area (Å²) in [6.45, 7) is 5.28. The van der Waals surface area contributed by atoms with E-state index in [1.165, 1.54) is 28.9 Å². The fourth-order valence-electron chi connectivity index (χ4n) is 4.42. The molecule has 1 N–H and O–H groups in total. The standard InChI is InChI=1S/C23H27FN2O.ClH/c1-2-16-5-10-21-19(14-16)20-15-26(13-11-22(20)25-21)12-3-4-23(27)17-6-8-18(24)9-7-17;/h5-10,14,20,22,25H,2-4,11-13,15H2,1H3;1H/t20-,22-;/m1./s1. The molecule has 1 saturated heterocycles. The monoisotopic (exact) mass is 402 g/mol. The Morgan fingerprint density at radius 2 is 2.00 bits per heavy atom. The molecule has 0 bridgehead atoms. The Balaban J connectivity index is 0.00000225. The van der Waals surface area contributed by atoms with Crippen LogP contribution in [-0.2, 0) is 6.42 Å². The van der Waals surface area contributed by atoms with E-state index in [2.05, 4.69) is 35.3 Å². The van der Waals surface area contributed by atoms with Crippen molar-refractivity contribution < 1.29 is 9.18 Å². The minimum absolute atomic E-state index is 0. The molecule has 2 atom stereocenters. The second-order valence-corrected chi connectivity index (χ2v) is 7.76. The summed E-state index contributed by atoms with van der Waals surface area (Å²) < 4.78 is 13.0. The fraction of sp³-hybridized carbons (Fsp3) is 0.435. The van der Waals surface area contributed by atoms with Crippen molar-refractivity contribution in [2.75, 3.05) is 25.0 Å². The minimum atomic E-state index is -0.300. The second-order valence-electron chi connectivity index (χ2n) is 7.76. The van der Waals surface area contributed by atoms with Gasteiger partial charge in [0.25, 0.3) is 0 Å². The van der Waals surface area contributed by atoms with Crippen LogP contribution in [0.3, 0.4) is 0 Å². The number of benzene rings is 2. The molecule has 2 aromatic carbocycles. The number of fused-ring (bicyclic) bond motifs is 3. The minimum Gasteiger partial charge on any atom is -0.381 e. The smallest absolute Gasteiger partial charge is 0.162 e. The number of piperidine rings is 1. The van der Waals surface area contributed by atoms with Crippen LogP contribution < -0.4 is 5.32 Å². The van der Waals surface area contributed by atoms with Crippen LogP contribution in [0, 0.1) is 5.82 Å². The molecule has 0 amide bonds. The highest BCUT2D eigenvalue weighted by molar-refractivity contribution is 5.95. The molecule has 1 fully saturated rings. The number of anilines is 1. The number of halogens is 2. The zero-order valence-corrected chi connectivity index (χ0v) is 17.1. The van der Waals surface area contributed by atoms with Gasteiger partial charge in [-0.25, -0.2) is 4.39 Å². The molecular weight excluding hydrogens is 375 g/mol. The number of carbonyl (C=O) groups excluding carboxylic acids is 1. The van der Waals surface area contributed by atoms with Crippen LogP contribution in [0.15, 0.2) is 42.5 Å². The molecule has 4 rings (SSSR count). The topological polar surface area (TPSA) is 32.3 Å². The summed E-state index contributed by atoms with van der Waals surface area (Å²) >= 11 is 0. The van der Waals surface area contributed by atoms with E-state index in [9.17, 15) is 9.18 Å². The van der Waals surface area contributed by atoms with Gasteiger partial charge in [-0.15, -0.1) is 12.4 Å². The van der Waals surface area contributed by atoms with Crippen LogP contribution in [0.2, 0.25) is 0 Å². The van der Waals surface area contributed by atoms with Crippen LogP contribution in [-0.4, -0.2) is 36.4 Å². The molecular formula is C23H28ClFN2O. The molecule has 0 aliphatic carbocycles. The lowest BCUT2D eigenvalue weighted by Crippen LogP contribution is -2.42. The van der Waals surface area contributed by atoms with Crippen molar-refractivity contribution in [2.24, 2.45) is 0 Å². The second kappa shape index (κ2) is 9.06. The molecule has 3 nitrogen and oxygen atoms in total. The first kappa shape index (κ1) is 20.8. The zero-order chi connectivity index (χ0) is 18.8. The van der Waals surface area contributed by atoms with Crippen molar-refractivity contribution in [3.63, 3.8) is 0 Å². The van der Waals surface area contributed by atoms with Crippen molar-refractivity contribution in [1.29, 1.82) is 0 Å². The van der Waals surface area contributed by atoms with E-state index in [1.54, 1.807) is 12.1 Å². The number of Topliss-reactive ketones (excluding diaryl/α,β-unsaturated/α-hetero) is 1. The number of likely N-dealkylation sites (tertiary alicyclic amines) is 1. The summed E-state index contributed by atoms with van der Waals surface area (Å²) in [5, 5.41) is 3.70. The number of hydrogen-bond donors (Lipinski definition) is 1. The Labute approximate surface area is 172 Å². The van der Waals surface area contributed by atoms with Crippen LogP contribution >= 0.6 is 12.4 Å². The molecule has 0 aromatic heterocycles. The van der Waals surface area contributed by atoms with Crippen molar-refractivity contribution in [1.82, 2.24) is 4.90 Å². The number of ketones is 1. The van der Waals surface area contributed by atoms with E-state index in [1.807, 2.05) is 0 Å². The average molecular weight is 403 g/mol. The van der Waals surface area contributed by atoms with Gasteiger partial charge in [0.05, 0.1) is 0 Å². The summed E-state index contributed by atoms with van der Waals surface area (Å²) in [5.74, 6) is 0.351. The highest BCUT2D eigenvalue weighted by atomic mass is 35.5. The first-order valence-electron chi connectivity index (χ1n) is 10.0. The van der Waals surface area contributed by atoms with Gasteiger partial charge in [-0.2, -0.15) is 0 Å². The molecule has 2 aliphatic heterocycles. The van der Waals surface area contributed by atoms with E-state index in [0.29, 0.717) is 23.9 Å². The van der Waals surface area contributed by atoms with Gasteiger partial charge in [-0.1, -0.05) is 19.1 Å². The number of nitrogens with zero attached hydrogens (tertiary/aromatic N) is 1. The zero-order valence-electron chi connectivity index (χ0n) is 16.3. The molecule has 150 valence electrons. The Hall–Kier alpha value is -1.91. The summed E-state index contributed by atoms with van der Waals surface area (Å²) in [6, 6.07) is 13.2. The molecule has 0 unspecified atom stereocenters. The van der Waals surface area contributed by atoms with Gasteiger partial charge < -0.3 is 10.2 Å². The maximum absolute atomic E-state index is 13.0. The molecule has 28 heavy (non-hydrogen) atoms. The number of nitrogens with one attached hydrogen (secondary N) is 1. The van der Waals surface area contributed by atoms with Crippen LogP contribution in [0.25, 0.3) is 0 Å². The summed E-state index contributed by atoms with van der Waals surface area (Å²) in [4.78, 5) is 14.8. The van der Waals surface area contributed by atoms with E-state index in [4.69, 9.17) is 0 Å². The molecule has 0 saturated carbocycles. The molecule has 0 spiro atoms. The Kier molecular flexibility index (Phi) is 6.73. The van der Waals surface area contributed by atoms with Crippen LogP contribution in [0.5, 0.6) is 0 Å². The van der Waals surface area contributed by atoms with Crippen molar-refractivity contribution in [2.45, 2.75) is 44.6 Å². The largest absolute Gasteiger partial charge is 0.381 e. The molecule has 2 aliphatic rings. The van der Waals surface area contributed by atoms with Gasteiger partial charge in [-0.05, 0) is 67.3 Å². The van der Waals surface area contributed by atoms with Gasteiger partial charge in [0.15, 0.2) is 5.78 Å². The maximum Gasteiger partial charge on any atom is 0.162 e. The molecule has 5 heteroatoms. The first-order chi connectivity index (χ1) is 13.1.